The van der Waals surface area contributed by atoms with Crippen molar-refractivity contribution in [1.29, 1.82) is 0 Å². The molecule has 12 heteroatoms. The second-order valence-electron chi connectivity index (χ2n) is 12.4. The molecule has 0 unspecified atom stereocenters. The van der Waals surface area contributed by atoms with Gasteiger partial charge in [-0.05, 0) is 31.3 Å². The molecule has 2 bridgehead atoms. The lowest BCUT2D eigenvalue weighted by atomic mass is 9.55. The van der Waals surface area contributed by atoms with Gasteiger partial charge in [0.05, 0.1) is 19.6 Å². The molecule has 0 radical (unpaired) electrons. The van der Waals surface area contributed by atoms with E-state index in [1.165, 1.54) is 0 Å². The number of carbonyl (C=O) groups excluding carboxylic acids is 1. The van der Waals surface area contributed by atoms with Gasteiger partial charge >= 0.3 is 5.97 Å². The van der Waals surface area contributed by atoms with Crippen molar-refractivity contribution in [2.24, 2.45) is 17.3 Å². The number of rotatable bonds is 5. The third-order valence-electron chi connectivity index (χ3n) is 10.7. The number of carbonyl (C=O) groups is 1. The SMILES string of the molecule is CC1=C([C@H](C)CO[C@@H]2O[C@H](CO)[C@@H](O)[C@H](O)[C@H]2O)C[C@@]2(O)[C@@]3(C)CC(=O)O[C@@]4([C@H](O)[C@@H](C)CC[C@]34O)[C@@]12O. The fourth-order valence-electron chi connectivity index (χ4n) is 8.33. The van der Waals surface area contributed by atoms with Gasteiger partial charge in [0.25, 0.3) is 0 Å². The Kier molecular flexibility index (Phi) is 6.45. The maximum Gasteiger partial charge on any atom is 0.307 e. The summed E-state index contributed by atoms with van der Waals surface area (Å²) in [5, 5.41) is 88.1. The molecule has 0 aromatic heterocycles. The predicted octanol–water partition coefficient (Wildman–Crippen LogP) is -2.15. The number of fused-ring (bicyclic) bond motifs is 2. The van der Waals surface area contributed by atoms with Crippen molar-refractivity contribution in [2.45, 2.75) is 113 Å². The van der Waals surface area contributed by atoms with E-state index in [2.05, 4.69) is 0 Å². The summed E-state index contributed by atoms with van der Waals surface area (Å²) >= 11 is 0. The van der Waals surface area contributed by atoms with Crippen LogP contribution in [-0.4, -0.2) is 119 Å². The zero-order chi connectivity index (χ0) is 28.2. The average Bonchev–Trinajstić information content (AvgIpc) is 3.11. The Morgan fingerprint density at radius 3 is 2.34 bits per heavy atom. The fraction of sp³-hybridized carbons (Fsp3) is 0.885. The first-order valence-corrected chi connectivity index (χ1v) is 13.3. The number of ether oxygens (including phenoxy) is 3. The summed E-state index contributed by atoms with van der Waals surface area (Å²) in [6.07, 6.45) is -8.60. The molecule has 0 amide bonds. The number of hydrogen-bond donors (Lipinski definition) is 8. The predicted molar refractivity (Wildman–Crippen MR) is 127 cm³/mol. The van der Waals surface area contributed by atoms with Crippen molar-refractivity contribution in [3.05, 3.63) is 11.1 Å². The van der Waals surface area contributed by atoms with Crippen LogP contribution in [0, 0.1) is 17.3 Å². The molecule has 2 aliphatic heterocycles. The molecule has 2 saturated heterocycles. The summed E-state index contributed by atoms with van der Waals surface area (Å²) in [6.45, 7) is 5.93. The molecule has 0 spiro atoms. The van der Waals surface area contributed by atoms with Gasteiger partial charge in [0.1, 0.15) is 41.7 Å². The van der Waals surface area contributed by atoms with Crippen LogP contribution < -0.4 is 0 Å². The lowest BCUT2D eigenvalue weighted by Gasteiger charge is -2.59. The molecule has 3 aliphatic carbocycles. The molecule has 216 valence electrons. The molecular weight excluding hydrogens is 504 g/mol. The van der Waals surface area contributed by atoms with E-state index >= 15 is 0 Å². The van der Waals surface area contributed by atoms with E-state index in [0.717, 1.165) is 0 Å². The average molecular weight is 545 g/mol. The standard InChI is InChI=1S/C26H40O12/c1-11-5-6-23(33)22(4)8-16(28)38-26(23,20(11)32)25(35)13(3)14(7-24(22,25)34)12(2)10-36-21-19(31)18(30)17(29)15(9-27)37-21/h11-12,15,17-21,27,29-35H,5-10H2,1-4H3/t11-,12+,15+,17+,18-,19+,20+,21+,22-,23-,24+,25+,26+/m0/s1. The van der Waals surface area contributed by atoms with Crippen LogP contribution in [0.2, 0.25) is 0 Å². The summed E-state index contributed by atoms with van der Waals surface area (Å²) in [5.74, 6) is -1.64. The summed E-state index contributed by atoms with van der Waals surface area (Å²) in [6, 6.07) is 0. The Morgan fingerprint density at radius 2 is 1.71 bits per heavy atom. The van der Waals surface area contributed by atoms with Gasteiger partial charge in [-0.1, -0.05) is 26.3 Å². The zero-order valence-corrected chi connectivity index (χ0v) is 22.1. The molecule has 13 atom stereocenters. The molecule has 0 aromatic rings. The Morgan fingerprint density at radius 1 is 1.05 bits per heavy atom. The van der Waals surface area contributed by atoms with E-state index in [4.69, 9.17) is 14.2 Å². The summed E-state index contributed by atoms with van der Waals surface area (Å²) in [7, 11) is 0. The zero-order valence-electron chi connectivity index (χ0n) is 22.1. The van der Waals surface area contributed by atoms with Crippen LogP contribution in [0.25, 0.3) is 0 Å². The highest BCUT2D eigenvalue weighted by atomic mass is 16.7. The highest BCUT2D eigenvalue weighted by molar-refractivity contribution is 5.77. The minimum Gasteiger partial charge on any atom is -0.450 e. The monoisotopic (exact) mass is 544 g/mol. The maximum atomic E-state index is 12.8. The molecule has 5 aliphatic rings. The van der Waals surface area contributed by atoms with Gasteiger partial charge in [0.15, 0.2) is 11.9 Å². The highest BCUT2D eigenvalue weighted by Gasteiger charge is 2.94. The van der Waals surface area contributed by atoms with E-state index in [0.29, 0.717) is 12.0 Å². The Hall–Kier alpha value is -1.19. The van der Waals surface area contributed by atoms with Crippen molar-refractivity contribution in [2.75, 3.05) is 13.2 Å². The van der Waals surface area contributed by atoms with Gasteiger partial charge in [0.2, 0.25) is 5.60 Å². The largest absolute Gasteiger partial charge is 0.450 e. The highest BCUT2D eigenvalue weighted by Crippen LogP contribution is 2.77. The van der Waals surface area contributed by atoms with E-state index in [-0.39, 0.29) is 31.4 Å². The van der Waals surface area contributed by atoms with Crippen LogP contribution in [0.15, 0.2) is 11.1 Å². The van der Waals surface area contributed by atoms with Crippen molar-refractivity contribution >= 4 is 5.97 Å². The van der Waals surface area contributed by atoms with Gasteiger partial charge in [-0.15, -0.1) is 0 Å². The Labute approximate surface area is 220 Å². The number of esters is 1. The van der Waals surface area contributed by atoms with Crippen LogP contribution in [0.3, 0.4) is 0 Å². The molecule has 4 fully saturated rings. The maximum absolute atomic E-state index is 12.8. The lowest BCUT2D eigenvalue weighted by Crippen LogP contribution is -2.77. The minimum absolute atomic E-state index is 0.103. The first-order chi connectivity index (χ1) is 17.6. The van der Waals surface area contributed by atoms with Crippen LogP contribution in [0.1, 0.15) is 53.4 Å². The summed E-state index contributed by atoms with van der Waals surface area (Å²) in [4.78, 5) is 12.8. The van der Waals surface area contributed by atoms with Crippen LogP contribution in [0.5, 0.6) is 0 Å². The minimum atomic E-state index is -2.30. The van der Waals surface area contributed by atoms with Crippen LogP contribution >= 0.6 is 0 Å². The van der Waals surface area contributed by atoms with Crippen molar-refractivity contribution in [3.8, 4) is 0 Å². The Balaban J connectivity index is 1.50. The van der Waals surface area contributed by atoms with Gasteiger partial charge < -0.3 is 55.1 Å². The quantitative estimate of drug-likeness (QED) is 0.138. The smallest absolute Gasteiger partial charge is 0.307 e. The van der Waals surface area contributed by atoms with Crippen molar-refractivity contribution < 1.29 is 59.9 Å². The molecule has 2 heterocycles. The Bertz CT molecular complexity index is 1030. The topological polar surface area (TPSA) is 207 Å². The number of hydrogen-bond acceptors (Lipinski definition) is 12. The third kappa shape index (κ3) is 2.97. The van der Waals surface area contributed by atoms with Crippen LogP contribution in [0.4, 0.5) is 0 Å². The van der Waals surface area contributed by atoms with E-state index in [1.807, 2.05) is 0 Å². The first-order valence-electron chi connectivity index (χ1n) is 13.3. The van der Waals surface area contributed by atoms with E-state index < -0.39 is 89.0 Å². The van der Waals surface area contributed by atoms with E-state index in [1.54, 1.807) is 27.7 Å². The normalized spacial score (nSPS) is 54.9. The fourth-order valence-corrected chi connectivity index (χ4v) is 8.33. The molecule has 0 aromatic carbocycles. The van der Waals surface area contributed by atoms with E-state index in [9.17, 15) is 45.6 Å². The number of aliphatic hydroxyl groups excluding tert-OH is 5. The molecule has 5 rings (SSSR count). The van der Waals surface area contributed by atoms with Gasteiger partial charge in [-0.3, -0.25) is 4.79 Å². The van der Waals surface area contributed by atoms with Crippen molar-refractivity contribution in [3.63, 3.8) is 0 Å². The van der Waals surface area contributed by atoms with Crippen molar-refractivity contribution in [1.82, 2.24) is 0 Å². The molecule has 12 nitrogen and oxygen atoms in total. The molecule has 2 saturated carbocycles. The molecule has 38 heavy (non-hydrogen) atoms. The molecular formula is C26H40O12. The first kappa shape index (κ1) is 28.3. The van der Waals surface area contributed by atoms with Gasteiger partial charge in [-0.25, -0.2) is 0 Å². The second-order valence-corrected chi connectivity index (χ2v) is 12.4. The van der Waals surface area contributed by atoms with Gasteiger partial charge in [-0.2, -0.15) is 0 Å². The summed E-state index contributed by atoms with van der Waals surface area (Å²) < 4.78 is 16.9. The molecule has 8 N–H and O–H groups in total. The second kappa shape index (κ2) is 8.65. The lowest BCUT2D eigenvalue weighted by molar-refractivity contribution is -0.307. The van der Waals surface area contributed by atoms with Gasteiger partial charge in [0, 0.05) is 17.8 Å². The number of aliphatic hydroxyl groups is 8. The third-order valence-corrected chi connectivity index (χ3v) is 10.7. The summed E-state index contributed by atoms with van der Waals surface area (Å²) in [5.41, 5.74) is -9.12. The van der Waals surface area contributed by atoms with Crippen LogP contribution in [-0.2, 0) is 19.0 Å².